The lowest BCUT2D eigenvalue weighted by Gasteiger charge is -2.55. The maximum Gasteiger partial charge on any atom is 0.252 e. The van der Waals surface area contributed by atoms with Crippen molar-refractivity contribution in [1.29, 1.82) is 0 Å². The van der Waals surface area contributed by atoms with Crippen LogP contribution >= 0.6 is 0 Å². The monoisotopic (exact) mass is 1200 g/mol. The summed E-state index contributed by atoms with van der Waals surface area (Å²) in [6.45, 7) is 0.146. The number of benzene rings is 14. The Morgan fingerprint density at radius 1 is 0.158 bits per heavy atom. The molecular weight excluding hydrogens is 1150 g/mol. The first kappa shape index (κ1) is 49.8. The summed E-state index contributed by atoms with van der Waals surface area (Å²) < 4.78 is 0. The van der Waals surface area contributed by atoms with Gasteiger partial charge in [0.15, 0.2) is 0 Å². The number of nitrogens with zero attached hydrogens (tertiary/aromatic N) is 6. The second-order valence-electron chi connectivity index (χ2n) is 27.2. The largest absolute Gasteiger partial charge is 0.312 e. The van der Waals surface area contributed by atoms with Gasteiger partial charge < -0.3 is 29.4 Å². The van der Waals surface area contributed by atoms with E-state index in [2.05, 4.69) is 327 Å². The van der Waals surface area contributed by atoms with Crippen LogP contribution in [0.3, 0.4) is 0 Å². The first-order chi connectivity index (χ1) is 47.2. The highest BCUT2D eigenvalue weighted by Crippen LogP contribution is 2.53. The third kappa shape index (κ3) is 5.95. The quantitative estimate of drug-likeness (QED) is 0.163. The molecule has 0 amide bonds. The highest BCUT2D eigenvalue weighted by molar-refractivity contribution is 7.09. The van der Waals surface area contributed by atoms with Gasteiger partial charge in [0, 0.05) is 102 Å². The van der Waals surface area contributed by atoms with Crippen LogP contribution in [0.2, 0.25) is 0 Å². The second kappa shape index (κ2) is 17.7. The van der Waals surface area contributed by atoms with E-state index in [-0.39, 0.29) is 33.6 Å². The van der Waals surface area contributed by atoms with Crippen molar-refractivity contribution in [3.8, 4) is 11.1 Å². The van der Waals surface area contributed by atoms with Gasteiger partial charge in [0.1, 0.15) is 0 Å². The van der Waals surface area contributed by atoms with Crippen molar-refractivity contribution in [3.63, 3.8) is 0 Å². The summed E-state index contributed by atoms with van der Waals surface area (Å²) in [6, 6.07) is 114. The first-order valence-electron chi connectivity index (χ1n) is 33.6. The van der Waals surface area contributed by atoms with Gasteiger partial charge in [-0.2, -0.15) is 0 Å². The van der Waals surface area contributed by atoms with Crippen molar-refractivity contribution >= 4 is 218 Å². The molecule has 6 nitrogen and oxygen atoms in total. The predicted molar refractivity (Wildman–Crippen MR) is 403 cm³/mol. The lowest BCUT2D eigenvalue weighted by molar-refractivity contribution is 1.23. The molecule has 14 aromatic carbocycles. The van der Waals surface area contributed by atoms with E-state index in [0.717, 1.165) is 11.4 Å². The molecule has 0 saturated carbocycles. The second-order valence-corrected chi connectivity index (χ2v) is 27.2. The number of hydrogen-bond acceptors (Lipinski definition) is 6. The Morgan fingerprint density at radius 3 is 0.874 bits per heavy atom. The van der Waals surface area contributed by atoms with Crippen molar-refractivity contribution in [2.24, 2.45) is 0 Å². The molecule has 0 aromatic heterocycles. The molecule has 0 radical (unpaired) electrons. The molecule has 10 heterocycles. The molecule has 430 valence electrons. The van der Waals surface area contributed by atoms with E-state index in [0.29, 0.717) is 0 Å². The van der Waals surface area contributed by atoms with Gasteiger partial charge >= 0.3 is 0 Å². The van der Waals surface area contributed by atoms with Crippen LogP contribution in [0.5, 0.6) is 0 Å². The Balaban J connectivity index is 0.697. The molecule has 10 aliphatic rings. The zero-order valence-corrected chi connectivity index (χ0v) is 51.4. The van der Waals surface area contributed by atoms with Gasteiger partial charge in [-0.25, -0.2) is 0 Å². The van der Waals surface area contributed by atoms with Gasteiger partial charge in [-0.1, -0.05) is 200 Å². The van der Waals surface area contributed by atoms with Crippen LogP contribution < -0.4 is 111 Å². The predicted octanol–water partition coefficient (Wildman–Crippen LogP) is 9.89. The van der Waals surface area contributed by atoms with E-state index in [1.165, 1.54) is 184 Å². The van der Waals surface area contributed by atoms with Crippen LogP contribution in [0.15, 0.2) is 297 Å². The fourth-order valence-corrected chi connectivity index (χ4v) is 19.8. The van der Waals surface area contributed by atoms with E-state index in [4.69, 9.17) is 0 Å². The Bertz CT molecular complexity index is 5780. The zero-order chi connectivity index (χ0) is 61.2. The molecule has 95 heavy (non-hydrogen) atoms. The van der Waals surface area contributed by atoms with Crippen LogP contribution in [0.4, 0.5) is 102 Å². The standard InChI is InChI=1S/C84H49B5N6/c1-2-21-52(22-3-1)90-65-32-13-5-24-55(65)89-63-47-48-74-77-81(63)94(73-40-20-39-72(90)76(73)89)70-37-18-6-25-56(70)85(77)54-23-4-12-31-64(54)91(74)53-44-41-50(42-45-53)51-43-46-62-75(49-51)95-71-38-19-11-30-61(71)87-59-28-9-16-35-68(59)92-66-33-14-7-26-57(66)86-58-27-8-15-34-67(58)93-69-36-17-10-29-60(69)88(62)80-83(93)78(86)82(92)79(87)84(80)95/h1-49H. The molecule has 0 spiro atoms. The van der Waals surface area contributed by atoms with Gasteiger partial charge in [-0.3, -0.25) is 0 Å². The minimum Gasteiger partial charge on any atom is -0.312 e. The van der Waals surface area contributed by atoms with Crippen LogP contribution in [-0.4, -0.2) is 33.6 Å². The minimum absolute atomic E-state index is 0.00722. The number of rotatable bonds is 3. The van der Waals surface area contributed by atoms with Crippen molar-refractivity contribution < 1.29 is 0 Å². The summed E-state index contributed by atoms with van der Waals surface area (Å²) in [4.78, 5) is 15.7. The molecule has 0 saturated heterocycles. The summed E-state index contributed by atoms with van der Waals surface area (Å²) in [5.74, 6) is 0. The van der Waals surface area contributed by atoms with Gasteiger partial charge in [0.2, 0.25) is 0 Å². The molecule has 0 bridgehead atoms. The Kier molecular flexibility index (Phi) is 9.27. The maximum absolute atomic E-state index is 2.71. The number of fused-ring (bicyclic) bond motifs is 27. The lowest BCUT2D eigenvalue weighted by Crippen LogP contribution is -2.74. The molecule has 0 unspecified atom stereocenters. The summed E-state index contributed by atoms with van der Waals surface area (Å²) in [5.41, 5.74) is 45.4. The highest BCUT2D eigenvalue weighted by Gasteiger charge is 2.58. The van der Waals surface area contributed by atoms with Gasteiger partial charge in [0.25, 0.3) is 33.6 Å². The van der Waals surface area contributed by atoms with Crippen LogP contribution in [0, 0.1) is 0 Å². The van der Waals surface area contributed by atoms with Crippen LogP contribution in [-0.2, 0) is 0 Å². The number of hydrogen-bond donors (Lipinski definition) is 0. The van der Waals surface area contributed by atoms with Gasteiger partial charge in [-0.15, -0.1) is 0 Å². The smallest absolute Gasteiger partial charge is 0.252 e. The molecule has 0 N–H and O–H groups in total. The summed E-state index contributed by atoms with van der Waals surface area (Å²) in [5, 5.41) is 0. The Hall–Kier alpha value is -11.8. The normalized spacial score (nSPS) is 14.9. The van der Waals surface area contributed by atoms with E-state index in [1.54, 1.807) is 0 Å². The summed E-state index contributed by atoms with van der Waals surface area (Å²) >= 11 is 0. The molecule has 0 fully saturated rings. The van der Waals surface area contributed by atoms with Crippen molar-refractivity contribution in [1.82, 2.24) is 0 Å². The average Bonchev–Trinajstić information content (AvgIpc) is 0.655. The van der Waals surface area contributed by atoms with Gasteiger partial charge in [0.05, 0.1) is 0 Å². The third-order valence-corrected chi connectivity index (χ3v) is 23.2. The lowest BCUT2D eigenvalue weighted by atomic mass is 9.24. The minimum atomic E-state index is -0.00722. The average molecular weight is 1200 g/mol. The van der Waals surface area contributed by atoms with E-state index >= 15 is 0 Å². The molecule has 0 atom stereocenters. The zero-order valence-electron chi connectivity index (χ0n) is 51.4. The molecule has 0 aliphatic carbocycles. The fourth-order valence-electron chi connectivity index (χ4n) is 19.8. The molecule has 10 aliphatic heterocycles. The SMILES string of the molecule is c1ccc(N2c3ccccc3B3c4ccc5c6c4N(c4ccccc4B6c4ccccc4N5c4ccc(-c5ccc6c(c5)N5c7ccccc7B7c8ccccc8N8c9ccccc9B9c%10ccccc%10N%10c%11ccccc%11B6c6c%10c9c8c7c65)cc4)c4cccc2c43)cc1. The third-order valence-electron chi connectivity index (χ3n) is 23.2. The highest BCUT2D eigenvalue weighted by atomic mass is 15.2. The summed E-state index contributed by atoms with van der Waals surface area (Å²) in [6.07, 6.45) is 0. The summed E-state index contributed by atoms with van der Waals surface area (Å²) in [7, 11) is 0. The van der Waals surface area contributed by atoms with E-state index in [9.17, 15) is 0 Å². The Morgan fingerprint density at radius 2 is 0.442 bits per heavy atom. The number of anilines is 18. The van der Waals surface area contributed by atoms with Crippen molar-refractivity contribution in [2.75, 3.05) is 29.4 Å². The number of para-hydroxylation sites is 9. The maximum atomic E-state index is 2.71. The van der Waals surface area contributed by atoms with Crippen molar-refractivity contribution in [3.05, 3.63) is 297 Å². The first-order valence-corrected chi connectivity index (χ1v) is 33.6. The van der Waals surface area contributed by atoms with E-state index < -0.39 is 0 Å². The Labute approximate surface area is 552 Å². The fraction of sp³-hybridized carbons (Fsp3) is 0. The topological polar surface area (TPSA) is 19.4 Å². The molecule has 14 aromatic rings. The van der Waals surface area contributed by atoms with Crippen LogP contribution in [0.1, 0.15) is 0 Å². The van der Waals surface area contributed by atoms with Gasteiger partial charge in [-0.05, 0) is 190 Å². The van der Waals surface area contributed by atoms with E-state index in [1.807, 2.05) is 0 Å². The molecule has 24 rings (SSSR count). The van der Waals surface area contributed by atoms with Crippen molar-refractivity contribution in [2.45, 2.75) is 0 Å². The van der Waals surface area contributed by atoms with Crippen LogP contribution in [0.25, 0.3) is 11.1 Å². The molecular formula is C84H49B5N6. The molecule has 11 heteroatoms.